The van der Waals surface area contributed by atoms with Gasteiger partial charge in [-0.1, -0.05) is 35.9 Å². The third-order valence-corrected chi connectivity index (χ3v) is 7.90. The summed E-state index contributed by atoms with van der Waals surface area (Å²) in [4.78, 5) is 30.2. The Balaban J connectivity index is 1.43. The minimum Gasteiger partial charge on any atom is -0.348 e. The third-order valence-electron chi connectivity index (χ3n) is 6.02. The van der Waals surface area contributed by atoms with Crippen LogP contribution < -0.4 is 10.6 Å². The number of hydrogen-bond acceptors (Lipinski definition) is 5. The maximum Gasteiger partial charge on any atom is 0.253 e. The molecule has 2 aromatic carbocycles. The number of carbonyl (C=O) groups excluding carboxylic acids is 2. The van der Waals surface area contributed by atoms with Crippen molar-refractivity contribution in [3.8, 4) is 0 Å². The fourth-order valence-corrected chi connectivity index (χ4v) is 5.56. The highest BCUT2D eigenvalue weighted by atomic mass is 32.2. The van der Waals surface area contributed by atoms with Crippen LogP contribution in [0.1, 0.15) is 34.3 Å². The number of rotatable bonds is 7. The summed E-state index contributed by atoms with van der Waals surface area (Å²) in [5.41, 5.74) is 2.56. The molecule has 1 saturated heterocycles. The molecule has 4 rings (SSSR count). The van der Waals surface area contributed by atoms with Crippen LogP contribution in [0.3, 0.4) is 0 Å². The lowest BCUT2D eigenvalue weighted by Gasteiger charge is -2.31. The number of nitrogens with zero attached hydrogens (tertiary/aromatic N) is 2. The van der Waals surface area contributed by atoms with Crippen molar-refractivity contribution in [2.45, 2.75) is 31.2 Å². The molecule has 3 aromatic rings. The van der Waals surface area contributed by atoms with Gasteiger partial charge in [0.2, 0.25) is 15.9 Å². The Morgan fingerprint density at radius 1 is 1.06 bits per heavy atom. The summed E-state index contributed by atoms with van der Waals surface area (Å²) < 4.78 is 27.6. The van der Waals surface area contributed by atoms with Gasteiger partial charge in [0.1, 0.15) is 0 Å². The number of carbonyl (C=O) groups is 2. The highest BCUT2D eigenvalue weighted by Gasteiger charge is 2.33. The molecule has 1 aliphatic heterocycles. The molecule has 2 heterocycles. The second-order valence-corrected chi connectivity index (χ2v) is 10.5. The molecule has 9 heteroatoms. The quantitative estimate of drug-likeness (QED) is 0.526. The Morgan fingerprint density at radius 2 is 1.83 bits per heavy atom. The molecule has 35 heavy (non-hydrogen) atoms. The highest BCUT2D eigenvalue weighted by molar-refractivity contribution is 7.89. The predicted octanol–water partition coefficient (Wildman–Crippen LogP) is 3.36. The number of aromatic nitrogens is 1. The standard InChI is InChI=1S/C26H28N4O4S/c1-19-10-12-22(13-11-19)35(33,34)30-15-5-7-21(18-30)25(31)29-24-9-3-2-8-23(24)26(32)28-17-20-6-4-14-27-16-20/h2-4,6,8-14,16,21H,5,7,15,17-18H2,1H3,(H,28,32)(H,29,31). The largest absolute Gasteiger partial charge is 0.348 e. The zero-order valence-electron chi connectivity index (χ0n) is 19.5. The van der Waals surface area contributed by atoms with Crippen molar-refractivity contribution >= 4 is 27.5 Å². The summed E-state index contributed by atoms with van der Waals surface area (Å²) in [5.74, 6) is -1.14. The number of piperidine rings is 1. The molecule has 2 amide bonds. The van der Waals surface area contributed by atoms with Gasteiger partial charge in [-0.25, -0.2) is 8.42 Å². The molecule has 0 aliphatic carbocycles. The first-order valence-corrected chi connectivity index (χ1v) is 12.9. The normalized spacial score (nSPS) is 16.4. The molecule has 1 atom stereocenters. The molecule has 182 valence electrons. The SMILES string of the molecule is Cc1ccc(S(=O)(=O)N2CCCC(C(=O)Nc3ccccc3C(=O)NCc3cccnc3)C2)cc1. The Hall–Kier alpha value is -3.56. The second kappa shape index (κ2) is 10.8. The van der Waals surface area contributed by atoms with Crippen molar-refractivity contribution in [3.63, 3.8) is 0 Å². The van der Waals surface area contributed by atoms with Crippen molar-refractivity contribution in [2.24, 2.45) is 5.92 Å². The van der Waals surface area contributed by atoms with Crippen LogP contribution in [-0.2, 0) is 21.4 Å². The molecule has 1 aliphatic rings. The molecule has 2 N–H and O–H groups in total. The topological polar surface area (TPSA) is 108 Å². The molecular formula is C26H28N4O4S. The number of amides is 2. The number of hydrogen-bond donors (Lipinski definition) is 2. The number of sulfonamides is 1. The van der Waals surface area contributed by atoms with Crippen molar-refractivity contribution in [1.29, 1.82) is 0 Å². The zero-order chi connectivity index (χ0) is 24.8. The van der Waals surface area contributed by atoms with E-state index in [1.54, 1.807) is 67.0 Å². The van der Waals surface area contributed by atoms with Gasteiger partial charge in [0.15, 0.2) is 0 Å². The lowest BCUT2D eigenvalue weighted by atomic mass is 9.98. The fourth-order valence-electron chi connectivity index (χ4n) is 4.04. The molecule has 0 bridgehead atoms. The van der Waals surface area contributed by atoms with E-state index in [4.69, 9.17) is 0 Å². The first kappa shape index (κ1) is 24.6. The Kier molecular flexibility index (Phi) is 7.57. The van der Waals surface area contributed by atoms with Crippen molar-refractivity contribution < 1.29 is 18.0 Å². The van der Waals surface area contributed by atoms with E-state index < -0.39 is 15.9 Å². The first-order chi connectivity index (χ1) is 16.8. The summed E-state index contributed by atoms with van der Waals surface area (Å²) in [6.07, 6.45) is 4.49. The summed E-state index contributed by atoms with van der Waals surface area (Å²) in [6.45, 7) is 2.67. The molecule has 1 fully saturated rings. The Labute approximate surface area is 205 Å². The van der Waals surface area contributed by atoms with Crippen LogP contribution in [0, 0.1) is 12.8 Å². The van der Waals surface area contributed by atoms with Gasteiger partial charge < -0.3 is 10.6 Å². The number of aryl methyl sites for hydroxylation is 1. The minimum atomic E-state index is -3.69. The first-order valence-electron chi connectivity index (χ1n) is 11.5. The van der Waals surface area contributed by atoms with Gasteiger partial charge in [0.25, 0.3) is 5.91 Å². The van der Waals surface area contributed by atoms with Gasteiger partial charge in [-0.2, -0.15) is 4.31 Å². The van der Waals surface area contributed by atoms with Crippen molar-refractivity contribution in [1.82, 2.24) is 14.6 Å². The van der Waals surface area contributed by atoms with Crippen LogP contribution in [0.5, 0.6) is 0 Å². The third kappa shape index (κ3) is 5.93. The van der Waals surface area contributed by atoms with Crippen LogP contribution >= 0.6 is 0 Å². The van der Waals surface area contributed by atoms with Crippen molar-refractivity contribution in [3.05, 3.63) is 89.7 Å². The zero-order valence-corrected chi connectivity index (χ0v) is 20.3. The molecule has 0 spiro atoms. The monoisotopic (exact) mass is 492 g/mol. The molecule has 8 nitrogen and oxygen atoms in total. The van der Waals surface area contributed by atoms with E-state index in [2.05, 4.69) is 15.6 Å². The van der Waals surface area contributed by atoms with E-state index >= 15 is 0 Å². The van der Waals surface area contributed by atoms with Gasteiger partial charge in [-0.3, -0.25) is 14.6 Å². The van der Waals surface area contributed by atoms with E-state index in [1.807, 2.05) is 13.0 Å². The van der Waals surface area contributed by atoms with Gasteiger partial charge in [-0.15, -0.1) is 0 Å². The molecule has 0 saturated carbocycles. The van der Waals surface area contributed by atoms with Gasteiger partial charge in [-0.05, 0) is 55.7 Å². The number of anilines is 1. The van der Waals surface area contributed by atoms with Crippen molar-refractivity contribution in [2.75, 3.05) is 18.4 Å². The Bertz CT molecular complexity index is 1290. The summed E-state index contributed by atoms with van der Waals surface area (Å²) >= 11 is 0. The lowest BCUT2D eigenvalue weighted by molar-refractivity contribution is -0.120. The van der Waals surface area contributed by atoms with Gasteiger partial charge in [0.05, 0.1) is 22.1 Å². The van der Waals surface area contributed by atoms with E-state index in [1.165, 1.54) is 4.31 Å². The maximum atomic E-state index is 13.1. The summed E-state index contributed by atoms with van der Waals surface area (Å²) in [6, 6.07) is 17.1. The van der Waals surface area contributed by atoms with Crippen LogP contribution in [0.4, 0.5) is 5.69 Å². The number of nitrogens with one attached hydrogen (secondary N) is 2. The lowest BCUT2D eigenvalue weighted by Crippen LogP contribution is -2.43. The summed E-state index contributed by atoms with van der Waals surface area (Å²) in [5, 5.41) is 5.68. The fraction of sp³-hybridized carbons (Fsp3) is 0.269. The number of benzene rings is 2. The van der Waals surface area contributed by atoms with Crippen LogP contribution in [0.15, 0.2) is 78.0 Å². The average Bonchev–Trinajstić information content (AvgIpc) is 2.88. The summed E-state index contributed by atoms with van der Waals surface area (Å²) in [7, 11) is -3.69. The number of para-hydroxylation sites is 1. The molecular weight excluding hydrogens is 464 g/mol. The van der Waals surface area contributed by atoms with Crippen LogP contribution in [-0.4, -0.2) is 42.6 Å². The average molecular weight is 493 g/mol. The van der Waals surface area contributed by atoms with Crippen LogP contribution in [0.2, 0.25) is 0 Å². The smallest absolute Gasteiger partial charge is 0.253 e. The van der Waals surface area contributed by atoms with Crippen LogP contribution in [0.25, 0.3) is 0 Å². The second-order valence-electron chi connectivity index (χ2n) is 8.59. The maximum absolute atomic E-state index is 13.1. The van der Waals surface area contributed by atoms with Gasteiger partial charge >= 0.3 is 0 Å². The Morgan fingerprint density at radius 3 is 2.57 bits per heavy atom. The van der Waals surface area contributed by atoms with E-state index in [0.717, 1.165) is 11.1 Å². The minimum absolute atomic E-state index is 0.0947. The molecule has 1 aromatic heterocycles. The number of pyridine rings is 1. The van der Waals surface area contributed by atoms with E-state index in [0.29, 0.717) is 37.2 Å². The molecule has 1 unspecified atom stereocenters. The van der Waals surface area contributed by atoms with Gasteiger partial charge in [0, 0.05) is 32.0 Å². The predicted molar refractivity (Wildman–Crippen MR) is 133 cm³/mol. The van der Waals surface area contributed by atoms with E-state index in [9.17, 15) is 18.0 Å². The highest BCUT2D eigenvalue weighted by Crippen LogP contribution is 2.26. The molecule has 0 radical (unpaired) electrons. The van der Waals surface area contributed by atoms with E-state index in [-0.39, 0.29) is 23.3 Å².